The average molecular weight is 495 g/mol. The Morgan fingerprint density at radius 1 is 1.00 bits per heavy atom. The molecule has 4 rings (SSSR count). The van der Waals surface area contributed by atoms with Gasteiger partial charge in [-0.05, 0) is 47.9 Å². The molecule has 0 unspecified atom stereocenters. The van der Waals surface area contributed by atoms with Crippen LogP contribution in [-0.2, 0) is 31.3 Å². The van der Waals surface area contributed by atoms with Gasteiger partial charge in [-0.1, -0.05) is 29.8 Å². The first-order chi connectivity index (χ1) is 16.9. The molecule has 0 saturated carbocycles. The van der Waals surface area contributed by atoms with E-state index in [0.717, 1.165) is 33.7 Å². The number of aromatic nitrogens is 2. The van der Waals surface area contributed by atoms with Crippen molar-refractivity contribution in [2.75, 3.05) is 13.7 Å². The minimum Gasteiger partial charge on any atom is -0.497 e. The Bertz CT molecular complexity index is 1320. The van der Waals surface area contributed by atoms with Crippen LogP contribution in [0.3, 0.4) is 0 Å². The number of halogens is 1. The largest absolute Gasteiger partial charge is 0.497 e. The van der Waals surface area contributed by atoms with E-state index in [0.29, 0.717) is 42.6 Å². The first-order valence-electron chi connectivity index (χ1n) is 11.3. The standard InChI is InChI=1S/C27H27ClN2O5/c1-30-24-15-21(33-2)10-11-23(24)29-26(30)13-14-34-22-9-5-19(6-12-27(31)32)25(16-22)35-17-18-3-7-20(28)8-4-18/h3-5,7-11,15-16H,6,12-14,17H2,1-2H3,(H,31,32). The highest BCUT2D eigenvalue weighted by Crippen LogP contribution is 2.28. The molecule has 3 aromatic carbocycles. The van der Waals surface area contributed by atoms with E-state index >= 15 is 0 Å². The molecule has 8 heteroatoms. The van der Waals surface area contributed by atoms with Crippen LogP contribution in [0.1, 0.15) is 23.4 Å². The monoisotopic (exact) mass is 494 g/mol. The summed E-state index contributed by atoms with van der Waals surface area (Å²) in [5, 5.41) is 9.75. The second-order valence-corrected chi connectivity index (χ2v) is 8.55. The molecule has 35 heavy (non-hydrogen) atoms. The highest BCUT2D eigenvalue weighted by atomic mass is 35.5. The van der Waals surface area contributed by atoms with Crippen LogP contribution in [0.4, 0.5) is 0 Å². The Kier molecular flexibility index (Phi) is 7.77. The van der Waals surface area contributed by atoms with Gasteiger partial charge in [-0.15, -0.1) is 0 Å². The van der Waals surface area contributed by atoms with E-state index < -0.39 is 5.97 Å². The number of aliphatic carboxylic acids is 1. The quantitative estimate of drug-likeness (QED) is 0.298. The number of nitrogens with zero attached hydrogens (tertiary/aromatic N) is 2. The van der Waals surface area contributed by atoms with E-state index in [1.165, 1.54) is 0 Å². The zero-order valence-electron chi connectivity index (χ0n) is 19.7. The van der Waals surface area contributed by atoms with Gasteiger partial charge in [0, 0.05) is 37.0 Å². The van der Waals surface area contributed by atoms with Crippen LogP contribution in [-0.4, -0.2) is 34.3 Å². The van der Waals surface area contributed by atoms with Crippen LogP contribution in [0.5, 0.6) is 17.2 Å². The van der Waals surface area contributed by atoms with Crippen molar-refractivity contribution < 1.29 is 24.1 Å². The predicted octanol–water partition coefficient (Wildman–Crippen LogP) is 5.45. The molecule has 1 aromatic heterocycles. The number of aryl methyl sites for hydroxylation is 2. The Hall–Kier alpha value is -3.71. The molecule has 0 amide bonds. The van der Waals surface area contributed by atoms with Crippen LogP contribution in [0.25, 0.3) is 11.0 Å². The maximum atomic E-state index is 11.1. The molecule has 182 valence electrons. The number of carbonyl (C=O) groups is 1. The van der Waals surface area contributed by atoms with E-state index in [-0.39, 0.29) is 6.42 Å². The molecule has 0 radical (unpaired) electrons. The summed E-state index contributed by atoms with van der Waals surface area (Å²) in [6.07, 6.45) is 1.01. The number of carboxylic acids is 1. The summed E-state index contributed by atoms with van der Waals surface area (Å²) < 4.78 is 19.4. The van der Waals surface area contributed by atoms with Gasteiger partial charge in [-0.2, -0.15) is 0 Å². The van der Waals surface area contributed by atoms with Crippen molar-refractivity contribution in [3.63, 3.8) is 0 Å². The number of ether oxygens (including phenoxy) is 3. The van der Waals surface area contributed by atoms with Gasteiger partial charge in [0.1, 0.15) is 29.7 Å². The Morgan fingerprint density at radius 2 is 1.77 bits per heavy atom. The van der Waals surface area contributed by atoms with Gasteiger partial charge < -0.3 is 23.9 Å². The summed E-state index contributed by atoms with van der Waals surface area (Å²) in [4.78, 5) is 15.8. The molecule has 4 aromatic rings. The SMILES string of the molecule is COc1ccc2nc(CCOc3ccc(CCC(=O)O)c(OCc4ccc(Cl)cc4)c3)n(C)c2c1. The number of hydrogen-bond donors (Lipinski definition) is 1. The van der Waals surface area contributed by atoms with Gasteiger partial charge in [0.25, 0.3) is 0 Å². The minimum absolute atomic E-state index is 0.0228. The molecule has 7 nitrogen and oxygen atoms in total. The summed E-state index contributed by atoms with van der Waals surface area (Å²) in [6.45, 7) is 0.767. The van der Waals surface area contributed by atoms with Gasteiger partial charge >= 0.3 is 5.97 Å². The maximum Gasteiger partial charge on any atom is 0.303 e. The fourth-order valence-electron chi connectivity index (χ4n) is 3.78. The highest BCUT2D eigenvalue weighted by Gasteiger charge is 2.12. The fraction of sp³-hybridized carbons (Fsp3) is 0.259. The normalized spacial score (nSPS) is 10.9. The first kappa shape index (κ1) is 24.4. The van der Waals surface area contributed by atoms with Crippen LogP contribution in [0, 0.1) is 0 Å². The molecule has 0 spiro atoms. The third-order valence-corrected chi connectivity index (χ3v) is 5.98. The fourth-order valence-corrected chi connectivity index (χ4v) is 3.91. The van der Waals surface area contributed by atoms with Gasteiger partial charge in [-0.25, -0.2) is 4.98 Å². The van der Waals surface area contributed by atoms with Gasteiger partial charge in [0.05, 0.1) is 24.8 Å². The van der Waals surface area contributed by atoms with Crippen molar-refractivity contribution in [2.45, 2.75) is 25.9 Å². The number of methoxy groups -OCH3 is 1. The van der Waals surface area contributed by atoms with E-state index in [4.69, 9.17) is 35.9 Å². The highest BCUT2D eigenvalue weighted by molar-refractivity contribution is 6.30. The number of imidazole rings is 1. The van der Waals surface area contributed by atoms with Gasteiger partial charge in [0.2, 0.25) is 0 Å². The van der Waals surface area contributed by atoms with Crippen molar-refractivity contribution in [1.29, 1.82) is 0 Å². The van der Waals surface area contributed by atoms with E-state index in [1.54, 1.807) is 7.11 Å². The number of hydrogen-bond acceptors (Lipinski definition) is 5. The predicted molar refractivity (Wildman–Crippen MR) is 135 cm³/mol. The number of fused-ring (bicyclic) bond motifs is 1. The molecule has 0 aliphatic rings. The van der Waals surface area contributed by atoms with Gasteiger partial charge in [0.15, 0.2) is 0 Å². The Labute approximate surface area is 208 Å². The molecule has 0 saturated heterocycles. The first-order valence-corrected chi connectivity index (χ1v) is 11.6. The second kappa shape index (κ2) is 11.1. The molecular weight excluding hydrogens is 468 g/mol. The van der Waals surface area contributed by atoms with Crippen molar-refractivity contribution in [3.05, 3.63) is 82.6 Å². The molecule has 0 aliphatic carbocycles. The van der Waals surface area contributed by atoms with Crippen molar-refractivity contribution in [2.24, 2.45) is 7.05 Å². The van der Waals surface area contributed by atoms with Gasteiger partial charge in [-0.3, -0.25) is 4.79 Å². The molecule has 1 heterocycles. The van der Waals surface area contributed by atoms with Crippen LogP contribution >= 0.6 is 11.6 Å². The topological polar surface area (TPSA) is 82.8 Å². The van der Waals surface area contributed by atoms with E-state index in [9.17, 15) is 4.79 Å². The van der Waals surface area contributed by atoms with Crippen molar-refractivity contribution in [1.82, 2.24) is 9.55 Å². The smallest absolute Gasteiger partial charge is 0.303 e. The molecule has 0 atom stereocenters. The zero-order valence-corrected chi connectivity index (χ0v) is 20.4. The summed E-state index contributed by atoms with van der Waals surface area (Å²) in [5.41, 5.74) is 3.69. The number of rotatable bonds is 11. The minimum atomic E-state index is -0.853. The third-order valence-electron chi connectivity index (χ3n) is 5.73. The average Bonchev–Trinajstić information content (AvgIpc) is 3.17. The molecule has 0 aliphatic heterocycles. The maximum absolute atomic E-state index is 11.1. The lowest BCUT2D eigenvalue weighted by molar-refractivity contribution is -0.136. The number of benzene rings is 3. The zero-order chi connectivity index (χ0) is 24.8. The Balaban J connectivity index is 1.44. The third kappa shape index (κ3) is 6.25. The Morgan fingerprint density at radius 3 is 2.51 bits per heavy atom. The molecule has 1 N–H and O–H groups in total. The summed E-state index contributed by atoms with van der Waals surface area (Å²) in [7, 11) is 3.62. The molecule has 0 bridgehead atoms. The van der Waals surface area contributed by atoms with Crippen molar-refractivity contribution in [3.8, 4) is 17.2 Å². The molecular formula is C27H27ClN2O5. The summed E-state index contributed by atoms with van der Waals surface area (Å²) in [6, 6.07) is 18.7. The van der Waals surface area contributed by atoms with Crippen LogP contribution in [0.2, 0.25) is 5.02 Å². The lowest BCUT2D eigenvalue weighted by Crippen LogP contribution is -2.07. The summed E-state index contributed by atoms with van der Waals surface area (Å²) >= 11 is 5.96. The number of carboxylic acid groups (broad SMARTS) is 1. The molecule has 0 fully saturated rings. The van der Waals surface area contributed by atoms with Crippen LogP contribution in [0.15, 0.2) is 60.7 Å². The van der Waals surface area contributed by atoms with E-state index in [1.807, 2.05) is 72.3 Å². The van der Waals surface area contributed by atoms with Crippen LogP contribution < -0.4 is 14.2 Å². The lowest BCUT2D eigenvalue weighted by Gasteiger charge is -2.14. The van der Waals surface area contributed by atoms with Crippen molar-refractivity contribution >= 4 is 28.6 Å². The lowest BCUT2D eigenvalue weighted by atomic mass is 10.1. The van der Waals surface area contributed by atoms with E-state index in [2.05, 4.69) is 0 Å². The summed E-state index contributed by atoms with van der Waals surface area (Å²) in [5.74, 6) is 2.10. The second-order valence-electron chi connectivity index (χ2n) is 8.12.